The molecule has 0 fully saturated rings. The van der Waals surface area contributed by atoms with Gasteiger partial charge in [-0.2, -0.15) is 0 Å². The molecule has 0 aromatic carbocycles. The Labute approximate surface area is 122 Å². The molecule has 0 aromatic rings. The summed E-state index contributed by atoms with van der Waals surface area (Å²) < 4.78 is 13.2. The van der Waals surface area contributed by atoms with Crippen molar-refractivity contribution in [3.05, 3.63) is 0 Å². The highest BCUT2D eigenvalue weighted by Crippen LogP contribution is 2.56. The first-order valence-electron chi connectivity index (χ1n) is 7.81. The molecule has 116 valence electrons. The molecule has 0 bridgehead atoms. The molecule has 0 spiro atoms. The van der Waals surface area contributed by atoms with E-state index in [1.54, 1.807) is 0 Å². The van der Waals surface area contributed by atoms with Crippen molar-refractivity contribution in [2.45, 2.75) is 104 Å². The molecular weight excluding hydrogens is 252 g/mol. The van der Waals surface area contributed by atoms with Crippen molar-refractivity contribution < 1.29 is 8.85 Å². The second-order valence-corrected chi connectivity index (χ2v) is 11.8. The molecule has 0 N–H and O–H groups in total. The fourth-order valence-corrected chi connectivity index (χ4v) is 8.13. The van der Waals surface area contributed by atoms with Gasteiger partial charge in [0.25, 0.3) is 0 Å². The third kappa shape index (κ3) is 4.05. The van der Waals surface area contributed by atoms with E-state index in [2.05, 4.69) is 69.2 Å². The first kappa shape index (κ1) is 19.1. The van der Waals surface area contributed by atoms with Crippen molar-refractivity contribution in [1.82, 2.24) is 0 Å². The molecule has 0 aliphatic carbocycles. The maximum atomic E-state index is 6.58. The molecule has 0 rings (SSSR count). The molecule has 2 nitrogen and oxygen atoms in total. The zero-order chi connectivity index (χ0) is 15.5. The minimum Gasteiger partial charge on any atom is -0.391 e. The highest BCUT2D eigenvalue weighted by molar-refractivity contribution is 6.73. The van der Waals surface area contributed by atoms with Gasteiger partial charge in [0.2, 0.25) is 0 Å². The van der Waals surface area contributed by atoms with Gasteiger partial charge in [-0.3, -0.25) is 0 Å². The normalized spacial score (nSPS) is 14.5. The van der Waals surface area contributed by atoms with Crippen molar-refractivity contribution >= 4 is 8.56 Å². The molecule has 0 radical (unpaired) electrons. The Balaban J connectivity index is 5.86. The van der Waals surface area contributed by atoms with Crippen molar-refractivity contribution in [1.29, 1.82) is 0 Å². The molecule has 0 saturated carbocycles. The van der Waals surface area contributed by atoms with E-state index in [0.717, 1.165) is 12.8 Å². The third-order valence-corrected chi connectivity index (χ3v) is 10.2. The van der Waals surface area contributed by atoms with Gasteiger partial charge in [-0.05, 0) is 40.5 Å². The van der Waals surface area contributed by atoms with E-state index in [1.165, 1.54) is 0 Å². The lowest BCUT2D eigenvalue weighted by Crippen LogP contribution is -2.60. The van der Waals surface area contributed by atoms with Gasteiger partial charge in [-0.25, -0.2) is 0 Å². The zero-order valence-electron chi connectivity index (χ0n) is 14.9. The van der Waals surface area contributed by atoms with Crippen LogP contribution in [-0.4, -0.2) is 20.8 Å². The van der Waals surface area contributed by atoms with Crippen LogP contribution in [0.15, 0.2) is 0 Å². The summed E-state index contributed by atoms with van der Waals surface area (Å²) in [5.41, 5.74) is 0. The Morgan fingerprint density at radius 2 is 1.00 bits per heavy atom. The van der Waals surface area contributed by atoms with Crippen LogP contribution in [0.2, 0.25) is 10.1 Å². The molecule has 19 heavy (non-hydrogen) atoms. The molecule has 0 atom stereocenters. The quantitative estimate of drug-likeness (QED) is 0.537. The van der Waals surface area contributed by atoms with Gasteiger partial charge >= 0.3 is 8.56 Å². The van der Waals surface area contributed by atoms with Crippen molar-refractivity contribution in [3.63, 3.8) is 0 Å². The largest absolute Gasteiger partial charge is 0.391 e. The molecule has 0 aromatic heterocycles. The Bertz CT molecular complexity index is 242. The lowest BCUT2D eigenvalue weighted by Gasteiger charge is -2.53. The predicted octanol–water partition coefficient (Wildman–Crippen LogP) is 5.66. The first-order chi connectivity index (χ1) is 8.45. The van der Waals surface area contributed by atoms with E-state index in [0.29, 0.717) is 0 Å². The van der Waals surface area contributed by atoms with Crippen molar-refractivity contribution in [2.24, 2.45) is 0 Å². The van der Waals surface area contributed by atoms with E-state index in [9.17, 15) is 0 Å². The molecule has 0 aliphatic heterocycles. The van der Waals surface area contributed by atoms with Crippen LogP contribution in [0.3, 0.4) is 0 Å². The Morgan fingerprint density at radius 3 is 1.16 bits per heavy atom. The lowest BCUT2D eigenvalue weighted by atomic mass is 10.1. The van der Waals surface area contributed by atoms with Crippen LogP contribution in [0.4, 0.5) is 0 Å². The fourth-order valence-electron chi connectivity index (χ4n) is 2.71. The maximum absolute atomic E-state index is 6.58. The predicted molar refractivity (Wildman–Crippen MR) is 86.9 cm³/mol. The SMILES string of the molecule is CCC(C)(C)[Si](OC(C)C)(OC(C)C)C(C)(C)CC. The highest BCUT2D eigenvalue weighted by atomic mass is 28.4. The molecule has 3 heteroatoms. The Kier molecular flexibility index (Phi) is 6.78. The van der Waals surface area contributed by atoms with Crippen LogP contribution < -0.4 is 0 Å². The summed E-state index contributed by atoms with van der Waals surface area (Å²) in [5, 5.41) is 0.197. The monoisotopic (exact) mass is 288 g/mol. The van der Waals surface area contributed by atoms with Gasteiger partial charge < -0.3 is 8.85 Å². The first-order valence-corrected chi connectivity index (χ1v) is 9.63. The maximum Gasteiger partial charge on any atom is 0.350 e. The van der Waals surface area contributed by atoms with Crippen LogP contribution in [0.5, 0.6) is 0 Å². The van der Waals surface area contributed by atoms with Crippen molar-refractivity contribution in [3.8, 4) is 0 Å². The standard InChI is InChI=1S/C16H36O2Si/c1-11-15(7,8)19(17-13(3)4,18-14(5)6)16(9,10)12-2/h13-14H,11-12H2,1-10H3. The van der Waals surface area contributed by atoms with Gasteiger partial charge in [0, 0.05) is 22.3 Å². The van der Waals surface area contributed by atoms with Gasteiger partial charge in [0.05, 0.1) is 0 Å². The molecule has 0 aliphatic rings. The summed E-state index contributed by atoms with van der Waals surface area (Å²) >= 11 is 0. The zero-order valence-corrected chi connectivity index (χ0v) is 15.9. The lowest BCUT2D eigenvalue weighted by molar-refractivity contribution is 0.0653. The summed E-state index contributed by atoms with van der Waals surface area (Å²) in [6.07, 6.45) is 2.59. The van der Waals surface area contributed by atoms with Gasteiger partial charge in [-0.1, -0.05) is 41.5 Å². The van der Waals surface area contributed by atoms with E-state index in [1.807, 2.05) is 0 Å². The average Bonchev–Trinajstić information content (AvgIpc) is 2.26. The smallest absolute Gasteiger partial charge is 0.350 e. The number of hydrogen-bond donors (Lipinski definition) is 0. The fraction of sp³-hybridized carbons (Fsp3) is 1.00. The van der Waals surface area contributed by atoms with Crippen LogP contribution >= 0.6 is 0 Å². The van der Waals surface area contributed by atoms with E-state index in [-0.39, 0.29) is 22.3 Å². The summed E-state index contributed by atoms with van der Waals surface area (Å²) in [4.78, 5) is 0. The van der Waals surface area contributed by atoms with Crippen LogP contribution in [-0.2, 0) is 8.85 Å². The molecule has 0 heterocycles. The number of hydrogen-bond acceptors (Lipinski definition) is 2. The molecular formula is C16H36O2Si. The highest BCUT2D eigenvalue weighted by Gasteiger charge is 2.61. The van der Waals surface area contributed by atoms with Crippen LogP contribution in [0.25, 0.3) is 0 Å². The van der Waals surface area contributed by atoms with Gasteiger partial charge in [-0.15, -0.1) is 0 Å². The minimum atomic E-state index is -2.38. The van der Waals surface area contributed by atoms with Gasteiger partial charge in [0.15, 0.2) is 0 Å². The second-order valence-electron chi connectivity index (χ2n) is 7.42. The van der Waals surface area contributed by atoms with Crippen LogP contribution in [0, 0.1) is 0 Å². The summed E-state index contributed by atoms with van der Waals surface area (Å²) in [6, 6.07) is 0. The average molecular weight is 289 g/mol. The van der Waals surface area contributed by atoms with E-state index in [4.69, 9.17) is 8.85 Å². The Morgan fingerprint density at radius 1 is 0.737 bits per heavy atom. The topological polar surface area (TPSA) is 18.5 Å². The molecule has 0 amide bonds. The second kappa shape index (κ2) is 6.73. The summed E-state index contributed by atoms with van der Waals surface area (Å²) in [7, 11) is -2.38. The molecule has 0 unspecified atom stereocenters. The molecule has 0 saturated heterocycles. The van der Waals surface area contributed by atoms with Gasteiger partial charge in [0.1, 0.15) is 0 Å². The van der Waals surface area contributed by atoms with E-state index >= 15 is 0 Å². The minimum absolute atomic E-state index is 0.0983. The Hall–Kier alpha value is 0.137. The van der Waals surface area contributed by atoms with Crippen molar-refractivity contribution in [2.75, 3.05) is 0 Å². The summed E-state index contributed by atoms with van der Waals surface area (Å²) in [5.74, 6) is 0. The van der Waals surface area contributed by atoms with E-state index < -0.39 is 8.56 Å². The third-order valence-electron chi connectivity index (χ3n) is 4.35. The summed E-state index contributed by atoms with van der Waals surface area (Å²) in [6.45, 7) is 22.3. The van der Waals surface area contributed by atoms with Crippen LogP contribution in [0.1, 0.15) is 82.1 Å². The number of rotatable bonds is 8.